The van der Waals surface area contributed by atoms with Gasteiger partial charge in [0.05, 0.1) is 5.02 Å². The molecule has 2 rings (SSSR count). The van der Waals surface area contributed by atoms with E-state index in [2.05, 4.69) is 20.9 Å². The largest absolute Gasteiger partial charge is 0.399 e. The number of anilines is 1. The zero-order chi connectivity index (χ0) is 12.3. The lowest BCUT2D eigenvalue weighted by Crippen LogP contribution is -1.87. The van der Waals surface area contributed by atoms with Gasteiger partial charge in [0.15, 0.2) is 0 Å². The molecule has 2 nitrogen and oxygen atoms in total. The van der Waals surface area contributed by atoms with Gasteiger partial charge in [0.25, 0.3) is 0 Å². The molecule has 1 aromatic heterocycles. The van der Waals surface area contributed by atoms with Gasteiger partial charge in [0.2, 0.25) is 0 Å². The Morgan fingerprint density at radius 1 is 1.29 bits per heavy atom. The second-order valence-corrected chi connectivity index (χ2v) is 5.83. The lowest BCUT2D eigenvalue weighted by molar-refractivity contribution is 1.23. The number of halogens is 2. The third-order valence-corrected chi connectivity index (χ3v) is 4.11. The number of thioether (sulfide) groups is 1. The van der Waals surface area contributed by atoms with Crippen LogP contribution in [-0.2, 0) is 5.75 Å². The zero-order valence-electron chi connectivity index (χ0n) is 8.86. The van der Waals surface area contributed by atoms with E-state index >= 15 is 0 Å². The summed E-state index contributed by atoms with van der Waals surface area (Å²) in [5.74, 6) is 0.815. The summed E-state index contributed by atoms with van der Waals surface area (Å²) in [6.07, 6.45) is 3.61. The van der Waals surface area contributed by atoms with Gasteiger partial charge in [-0.2, -0.15) is 0 Å². The van der Waals surface area contributed by atoms with Crippen molar-refractivity contribution >= 4 is 45.0 Å². The molecule has 0 saturated heterocycles. The van der Waals surface area contributed by atoms with Crippen LogP contribution in [0.2, 0.25) is 5.02 Å². The molecule has 17 heavy (non-hydrogen) atoms. The summed E-state index contributed by atoms with van der Waals surface area (Å²) in [5.41, 5.74) is 7.60. The molecule has 1 aromatic carbocycles. The Kier molecular flexibility index (Phi) is 4.31. The number of hydrogen-bond acceptors (Lipinski definition) is 3. The molecule has 0 radical (unpaired) electrons. The maximum Gasteiger partial charge on any atom is 0.0543 e. The van der Waals surface area contributed by atoms with E-state index < -0.39 is 0 Å². The molecule has 0 amide bonds. The molecule has 0 bridgehead atoms. The topological polar surface area (TPSA) is 38.9 Å². The van der Waals surface area contributed by atoms with E-state index in [0.29, 0.717) is 0 Å². The molecule has 0 aliphatic carbocycles. The van der Waals surface area contributed by atoms with E-state index in [9.17, 15) is 0 Å². The number of rotatable bonds is 3. The third kappa shape index (κ3) is 3.63. The van der Waals surface area contributed by atoms with Gasteiger partial charge < -0.3 is 5.73 Å². The fourth-order valence-electron chi connectivity index (χ4n) is 1.33. The molecule has 1 heterocycles. The first-order valence-corrected chi connectivity index (χ1v) is 7.08. The molecule has 0 atom stereocenters. The van der Waals surface area contributed by atoms with Crippen molar-refractivity contribution in [3.05, 3.63) is 51.7 Å². The van der Waals surface area contributed by atoms with Crippen molar-refractivity contribution in [1.82, 2.24) is 4.98 Å². The van der Waals surface area contributed by atoms with Gasteiger partial charge in [0.1, 0.15) is 0 Å². The van der Waals surface area contributed by atoms with E-state index in [1.54, 1.807) is 24.0 Å². The molecule has 2 aromatic rings. The zero-order valence-corrected chi connectivity index (χ0v) is 12.0. The van der Waals surface area contributed by atoms with Gasteiger partial charge in [-0.3, -0.25) is 4.98 Å². The molecule has 0 spiro atoms. The van der Waals surface area contributed by atoms with Crippen LogP contribution in [0.4, 0.5) is 5.69 Å². The van der Waals surface area contributed by atoms with Crippen molar-refractivity contribution in [2.45, 2.75) is 10.6 Å². The number of aromatic nitrogens is 1. The average molecular weight is 330 g/mol. The standard InChI is InChI=1S/C12H10BrClN2S/c13-9-3-8(5-16-6-9)7-17-12-4-10(15)1-2-11(12)14/h1-6H,7,15H2. The molecule has 2 N–H and O–H groups in total. The molecule has 88 valence electrons. The summed E-state index contributed by atoms with van der Waals surface area (Å²) in [6.45, 7) is 0. The van der Waals surface area contributed by atoms with Gasteiger partial charge in [-0.15, -0.1) is 11.8 Å². The number of benzene rings is 1. The van der Waals surface area contributed by atoms with Crippen LogP contribution in [0.1, 0.15) is 5.56 Å². The van der Waals surface area contributed by atoms with Crippen LogP contribution in [0.15, 0.2) is 46.0 Å². The van der Waals surface area contributed by atoms with Crippen molar-refractivity contribution in [2.75, 3.05) is 5.73 Å². The van der Waals surface area contributed by atoms with E-state index in [0.717, 1.165) is 31.4 Å². The van der Waals surface area contributed by atoms with Crippen molar-refractivity contribution in [2.24, 2.45) is 0 Å². The second kappa shape index (κ2) is 5.76. The highest BCUT2D eigenvalue weighted by Crippen LogP contribution is 2.31. The van der Waals surface area contributed by atoms with E-state index in [-0.39, 0.29) is 0 Å². The fourth-order valence-corrected chi connectivity index (χ4v) is 2.93. The average Bonchev–Trinajstić information content (AvgIpc) is 2.30. The molecule has 0 aliphatic heterocycles. The normalized spacial score (nSPS) is 10.5. The Morgan fingerprint density at radius 2 is 2.12 bits per heavy atom. The summed E-state index contributed by atoms with van der Waals surface area (Å²) in [6, 6.07) is 7.55. The fraction of sp³-hybridized carbons (Fsp3) is 0.0833. The van der Waals surface area contributed by atoms with Crippen molar-refractivity contribution in [1.29, 1.82) is 0 Å². The first-order chi connectivity index (χ1) is 8.15. The highest BCUT2D eigenvalue weighted by molar-refractivity contribution is 9.10. The summed E-state index contributed by atoms with van der Waals surface area (Å²) in [4.78, 5) is 5.11. The predicted molar refractivity (Wildman–Crippen MR) is 77.4 cm³/mol. The lowest BCUT2D eigenvalue weighted by Gasteiger charge is -2.05. The molecular weight excluding hydrogens is 320 g/mol. The molecule has 0 saturated carbocycles. The van der Waals surface area contributed by atoms with Gasteiger partial charge in [-0.05, 0) is 45.8 Å². The SMILES string of the molecule is Nc1ccc(Cl)c(SCc2cncc(Br)c2)c1. The maximum absolute atomic E-state index is 6.09. The van der Waals surface area contributed by atoms with Crippen LogP contribution in [-0.4, -0.2) is 4.98 Å². The first kappa shape index (κ1) is 12.7. The van der Waals surface area contributed by atoms with Gasteiger partial charge in [0, 0.05) is 33.2 Å². The van der Waals surface area contributed by atoms with Gasteiger partial charge >= 0.3 is 0 Å². The Labute approximate surface area is 118 Å². The van der Waals surface area contributed by atoms with E-state index in [4.69, 9.17) is 17.3 Å². The molecular formula is C12H10BrClN2S. The highest BCUT2D eigenvalue weighted by Gasteiger charge is 2.03. The van der Waals surface area contributed by atoms with Crippen LogP contribution in [0.5, 0.6) is 0 Å². The monoisotopic (exact) mass is 328 g/mol. The van der Waals surface area contributed by atoms with Crippen molar-refractivity contribution < 1.29 is 0 Å². The minimum absolute atomic E-state index is 0.726. The van der Waals surface area contributed by atoms with Crippen LogP contribution >= 0.6 is 39.3 Å². The number of pyridine rings is 1. The number of nitrogens with two attached hydrogens (primary N) is 1. The van der Waals surface area contributed by atoms with Crippen LogP contribution in [0.3, 0.4) is 0 Å². The molecule has 5 heteroatoms. The lowest BCUT2D eigenvalue weighted by atomic mass is 10.3. The van der Waals surface area contributed by atoms with Crippen LogP contribution in [0.25, 0.3) is 0 Å². The Hall–Kier alpha value is -0.710. The van der Waals surface area contributed by atoms with Crippen LogP contribution in [0, 0.1) is 0 Å². The maximum atomic E-state index is 6.09. The Balaban J connectivity index is 2.09. The number of hydrogen-bond donors (Lipinski definition) is 1. The van der Waals surface area contributed by atoms with Crippen molar-refractivity contribution in [3.8, 4) is 0 Å². The quantitative estimate of drug-likeness (QED) is 0.671. The first-order valence-electron chi connectivity index (χ1n) is 4.92. The van der Waals surface area contributed by atoms with Gasteiger partial charge in [-0.25, -0.2) is 0 Å². The summed E-state index contributed by atoms with van der Waals surface area (Å²) < 4.78 is 0.981. The van der Waals surface area contributed by atoms with E-state index in [1.807, 2.05) is 24.4 Å². The Morgan fingerprint density at radius 3 is 2.88 bits per heavy atom. The van der Waals surface area contributed by atoms with Crippen LogP contribution < -0.4 is 5.73 Å². The highest BCUT2D eigenvalue weighted by atomic mass is 79.9. The third-order valence-electron chi connectivity index (χ3n) is 2.11. The summed E-state index contributed by atoms with van der Waals surface area (Å²) in [5, 5.41) is 0.729. The number of nitrogen functional groups attached to an aromatic ring is 1. The minimum Gasteiger partial charge on any atom is -0.399 e. The molecule has 0 unspecified atom stereocenters. The summed E-state index contributed by atoms with van der Waals surface area (Å²) >= 11 is 11.1. The minimum atomic E-state index is 0.726. The van der Waals surface area contributed by atoms with Crippen molar-refractivity contribution in [3.63, 3.8) is 0 Å². The predicted octanol–water partition coefficient (Wildman–Crippen LogP) is 4.37. The molecule has 0 aliphatic rings. The number of nitrogens with zero attached hydrogens (tertiary/aromatic N) is 1. The molecule has 0 fully saturated rings. The smallest absolute Gasteiger partial charge is 0.0543 e. The van der Waals surface area contributed by atoms with Gasteiger partial charge in [-0.1, -0.05) is 11.6 Å². The second-order valence-electron chi connectivity index (χ2n) is 3.49. The Bertz CT molecular complexity index is 534. The van der Waals surface area contributed by atoms with E-state index in [1.165, 1.54) is 0 Å². The summed E-state index contributed by atoms with van der Waals surface area (Å²) in [7, 11) is 0.